The van der Waals surface area contributed by atoms with E-state index in [9.17, 15) is 9.59 Å². The average Bonchev–Trinajstić information content (AvgIpc) is 2.92. The number of rotatable bonds is 4. The number of carbonyl (C=O) groups excluding carboxylic acids is 2. The Labute approximate surface area is 242 Å². The van der Waals surface area contributed by atoms with Crippen molar-refractivity contribution < 1.29 is 27.5 Å². The van der Waals surface area contributed by atoms with Gasteiger partial charge in [0.15, 0.2) is 0 Å². The van der Waals surface area contributed by atoms with E-state index in [0.29, 0.717) is 16.1 Å². The lowest BCUT2D eigenvalue weighted by molar-refractivity contribution is -0.123. The summed E-state index contributed by atoms with van der Waals surface area (Å²) in [7, 11) is 0. The first kappa shape index (κ1) is 30.4. The van der Waals surface area contributed by atoms with Gasteiger partial charge >= 0.3 is 6.09 Å². The smallest absolute Gasteiger partial charge is 0.408 e. The second kappa shape index (κ2) is 11.0. The lowest BCUT2D eigenvalue weighted by atomic mass is 9.86. The van der Waals surface area contributed by atoms with Crippen LogP contribution in [0.1, 0.15) is 64.7 Å². The fraction of sp³-hybridized carbons (Fsp3) is 0.387. The third kappa shape index (κ3) is 7.01. The summed E-state index contributed by atoms with van der Waals surface area (Å²) >= 11 is 6.02. The van der Waals surface area contributed by atoms with Crippen LogP contribution in [-0.4, -0.2) is 28.6 Å². The van der Waals surface area contributed by atoms with Crippen molar-refractivity contribution in [2.75, 3.05) is 4.90 Å². The van der Waals surface area contributed by atoms with Gasteiger partial charge in [0.05, 0.1) is 12.2 Å². The Morgan fingerprint density at radius 3 is 2.37 bits per heavy atom. The summed E-state index contributed by atoms with van der Waals surface area (Å²) in [5.41, 5.74) is -0.216. The fourth-order valence-electron chi connectivity index (χ4n) is 4.56. The average molecular weight is 588 g/mol. The summed E-state index contributed by atoms with van der Waals surface area (Å²) in [6, 6.07) is 8.70. The number of hydrogen-bond acceptors (Lipinski definition) is 4. The van der Waals surface area contributed by atoms with Crippen LogP contribution < -0.4 is 10.2 Å². The van der Waals surface area contributed by atoms with E-state index in [1.165, 1.54) is 12.3 Å². The maximum atomic E-state index is 15.8. The van der Waals surface area contributed by atoms with Crippen LogP contribution in [-0.2, 0) is 27.4 Å². The van der Waals surface area contributed by atoms with Gasteiger partial charge in [0, 0.05) is 40.5 Å². The Kier molecular flexibility index (Phi) is 8.15. The van der Waals surface area contributed by atoms with Gasteiger partial charge in [0.1, 0.15) is 17.5 Å². The molecule has 3 aromatic rings. The molecule has 218 valence electrons. The van der Waals surface area contributed by atoms with Crippen molar-refractivity contribution in [1.29, 1.82) is 0 Å². The normalized spacial score (nSPS) is 17.1. The number of fused-ring (bicyclic) bond motifs is 1. The molecule has 1 aromatic heterocycles. The molecular formula is C31H33ClF3N3O3. The molecule has 0 saturated carbocycles. The van der Waals surface area contributed by atoms with Crippen molar-refractivity contribution in [2.24, 2.45) is 0 Å². The molecule has 0 radical (unpaired) electrons. The van der Waals surface area contributed by atoms with Gasteiger partial charge in [0.2, 0.25) is 5.91 Å². The minimum Gasteiger partial charge on any atom is -0.444 e. The van der Waals surface area contributed by atoms with Crippen LogP contribution in [0.4, 0.5) is 23.7 Å². The van der Waals surface area contributed by atoms with Gasteiger partial charge in [0.25, 0.3) is 5.92 Å². The molecule has 4 rings (SSSR count). The zero-order valence-electron chi connectivity index (χ0n) is 23.8. The molecule has 0 fully saturated rings. The number of ether oxygens (including phenoxy) is 1. The molecule has 10 heteroatoms. The zero-order chi connectivity index (χ0) is 30.3. The first-order valence-corrected chi connectivity index (χ1v) is 13.6. The minimum atomic E-state index is -3.66. The van der Waals surface area contributed by atoms with Crippen LogP contribution >= 0.6 is 11.6 Å². The number of nitrogens with one attached hydrogen (secondary N) is 1. The number of nitrogens with zero attached hydrogens (tertiary/aromatic N) is 2. The predicted molar refractivity (Wildman–Crippen MR) is 153 cm³/mol. The lowest BCUT2D eigenvalue weighted by Crippen LogP contribution is -2.49. The second-order valence-electron chi connectivity index (χ2n) is 12.2. The first-order chi connectivity index (χ1) is 18.9. The summed E-state index contributed by atoms with van der Waals surface area (Å²) in [6.07, 6.45) is 1.03. The molecule has 0 spiro atoms. The monoisotopic (exact) mass is 587 g/mol. The first-order valence-electron chi connectivity index (χ1n) is 13.2. The van der Waals surface area contributed by atoms with Crippen molar-refractivity contribution in [1.82, 2.24) is 10.3 Å². The van der Waals surface area contributed by atoms with Gasteiger partial charge < -0.3 is 15.0 Å². The summed E-state index contributed by atoms with van der Waals surface area (Å²) in [5, 5.41) is 2.77. The molecular weight excluding hydrogens is 555 g/mol. The highest BCUT2D eigenvalue weighted by Crippen LogP contribution is 2.45. The molecule has 6 nitrogen and oxygen atoms in total. The predicted octanol–water partition coefficient (Wildman–Crippen LogP) is 7.76. The Hall–Kier alpha value is -3.59. The maximum absolute atomic E-state index is 15.8. The minimum absolute atomic E-state index is 0.0191. The van der Waals surface area contributed by atoms with Gasteiger partial charge in [-0.1, -0.05) is 44.5 Å². The van der Waals surface area contributed by atoms with Gasteiger partial charge in [-0.25, -0.2) is 18.0 Å². The molecule has 2 amide bonds. The molecule has 1 aliphatic heterocycles. The highest BCUT2D eigenvalue weighted by atomic mass is 35.5. The molecule has 41 heavy (non-hydrogen) atoms. The number of alkyl carbamates (subject to hydrolysis) is 1. The Balaban J connectivity index is 1.86. The van der Waals surface area contributed by atoms with E-state index >= 15 is 13.2 Å². The molecule has 2 aromatic carbocycles. The number of halogens is 4. The second-order valence-corrected chi connectivity index (χ2v) is 12.7. The number of benzene rings is 2. The number of alkyl halides is 2. The summed E-state index contributed by atoms with van der Waals surface area (Å²) in [5.74, 6) is -5.33. The van der Waals surface area contributed by atoms with E-state index < -0.39 is 47.4 Å². The molecule has 0 bridgehead atoms. The third-order valence-corrected chi connectivity index (χ3v) is 6.91. The van der Waals surface area contributed by atoms with Crippen LogP contribution in [0.2, 0.25) is 5.02 Å². The zero-order valence-corrected chi connectivity index (χ0v) is 24.6. The molecule has 2 heterocycles. The fourth-order valence-corrected chi connectivity index (χ4v) is 4.68. The van der Waals surface area contributed by atoms with Crippen LogP contribution in [0.3, 0.4) is 0 Å². The number of amides is 2. The summed E-state index contributed by atoms with van der Waals surface area (Å²) in [6.45, 7) is 10.7. The number of anilines is 1. The lowest BCUT2D eigenvalue weighted by Gasteiger charge is -2.27. The van der Waals surface area contributed by atoms with Crippen molar-refractivity contribution >= 4 is 29.3 Å². The van der Waals surface area contributed by atoms with Crippen molar-refractivity contribution in [3.05, 3.63) is 82.4 Å². The Morgan fingerprint density at radius 1 is 1.10 bits per heavy atom. The van der Waals surface area contributed by atoms with Crippen LogP contribution in [0.25, 0.3) is 11.1 Å². The van der Waals surface area contributed by atoms with E-state index in [-0.39, 0.29) is 23.2 Å². The van der Waals surface area contributed by atoms with Gasteiger partial charge in [-0.15, -0.1) is 0 Å². The molecule has 1 N–H and O–H groups in total. The molecule has 0 aliphatic carbocycles. The number of hydrogen-bond donors (Lipinski definition) is 1. The molecule has 0 saturated heterocycles. The van der Waals surface area contributed by atoms with Crippen molar-refractivity contribution in [2.45, 2.75) is 77.5 Å². The van der Waals surface area contributed by atoms with Gasteiger partial charge in [-0.05, 0) is 67.6 Å². The highest BCUT2D eigenvalue weighted by Gasteiger charge is 2.47. The summed E-state index contributed by atoms with van der Waals surface area (Å²) < 4.78 is 52.4. The SMILES string of the molecule is CC(C)(C)OC(=O)N[C@@H]1CC(F)(F)c2cc(F)c(-c3cncc(C(C)(C)C)c3)cc2N(Cc2ccc(Cl)cc2)C1=O. The summed E-state index contributed by atoms with van der Waals surface area (Å²) in [4.78, 5) is 31.8. The van der Waals surface area contributed by atoms with Crippen LogP contribution in [0.5, 0.6) is 0 Å². The Morgan fingerprint density at radius 2 is 1.76 bits per heavy atom. The van der Waals surface area contributed by atoms with E-state index in [0.717, 1.165) is 16.5 Å². The standard InChI is InChI=1S/C31H33ClF3N3O3/c1-29(2,3)20-11-19(15-36-16-20)22-12-26-23(13-24(22)33)31(34,35)14-25(37-28(40)41-30(4,5)6)27(39)38(26)17-18-7-9-21(32)10-8-18/h7-13,15-16,25H,14,17H2,1-6H3,(H,37,40)/t25-/m1/s1. The topological polar surface area (TPSA) is 71.5 Å². The number of pyridine rings is 1. The van der Waals surface area contributed by atoms with E-state index in [1.54, 1.807) is 57.3 Å². The number of aromatic nitrogens is 1. The highest BCUT2D eigenvalue weighted by molar-refractivity contribution is 6.30. The molecule has 1 aliphatic rings. The quantitative estimate of drug-likeness (QED) is 0.339. The molecule has 0 unspecified atom stereocenters. The van der Waals surface area contributed by atoms with Crippen LogP contribution in [0, 0.1) is 5.82 Å². The van der Waals surface area contributed by atoms with E-state index in [2.05, 4.69) is 10.3 Å². The van der Waals surface area contributed by atoms with Crippen LogP contribution in [0.15, 0.2) is 54.9 Å². The van der Waals surface area contributed by atoms with E-state index in [1.807, 2.05) is 20.8 Å². The van der Waals surface area contributed by atoms with E-state index in [4.69, 9.17) is 16.3 Å². The van der Waals surface area contributed by atoms with Crippen molar-refractivity contribution in [3.63, 3.8) is 0 Å². The van der Waals surface area contributed by atoms with Gasteiger partial charge in [-0.2, -0.15) is 0 Å². The maximum Gasteiger partial charge on any atom is 0.408 e. The Bertz CT molecular complexity index is 1460. The number of carbonyl (C=O) groups is 2. The van der Waals surface area contributed by atoms with Crippen molar-refractivity contribution in [3.8, 4) is 11.1 Å². The largest absolute Gasteiger partial charge is 0.444 e. The third-order valence-electron chi connectivity index (χ3n) is 6.66. The molecule has 1 atom stereocenters. The van der Waals surface area contributed by atoms with Gasteiger partial charge in [-0.3, -0.25) is 9.78 Å².